The molecule has 0 heterocycles. The number of allylic oxidation sites excluding steroid dienone is 8. The maximum Gasteiger partial charge on any atom is 0.472 e. The Hall–Kier alpha value is -2.03. The molecule has 0 aromatic carbocycles. The van der Waals surface area contributed by atoms with E-state index in [9.17, 15) is 19.0 Å². The van der Waals surface area contributed by atoms with Crippen molar-refractivity contribution >= 4 is 19.8 Å². The number of carbonyl (C=O) groups is 2. The molecule has 51 heavy (non-hydrogen) atoms. The minimum atomic E-state index is -4.38. The molecular weight excluding hydrogens is 665 g/mol. The number of quaternary nitrogens is 1. The Morgan fingerprint density at radius 2 is 1.12 bits per heavy atom. The second kappa shape index (κ2) is 33.8. The van der Waals surface area contributed by atoms with Gasteiger partial charge in [-0.15, -0.1) is 0 Å². The first-order chi connectivity index (χ1) is 24.5. The summed E-state index contributed by atoms with van der Waals surface area (Å²) in [5.41, 5.74) is 0. The van der Waals surface area contributed by atoms with E-state index in [1.807, 2.05) is 21.1 Å². The number of carbonyl (C=O) groups excluding carboxylic acids is 2. The van der Waals surface area contributed by atoms with Gasteiger partial charge in [-0.05, 0) is 70.6 Å². The number of rotatable bonds is 35. The van der Waals surface area contributed by atoms with E-state index >= 15 is 0 Å². The predicted octanol–water partition coefficient (Wildman–Crippen LogP) is 10.7. The monoisotopic (exact) mass is 741 g/mol. The van der Waals surface area contributed by atoms with Gasteiger partial charge in [-0.25, -0.2) is 4.57 Å². The molecule has 0 amide bonds. The van der Waals surface area contributed by atoms with E-state index in [-0.39, 0.29) is 32.0 Å². The van der Waals surface area contributed by atoms with Crippen molar-refractivity contribution in [2.24, 2.45) is 0 Å². The topological polar surface area (TPSA) is 108 Å². The summed E-state index contributed by atoms with van der Waals surface area (Å²) in [6.07, 6.45) is 37.3. The lowest BCUT2D eigenvalue weighted by atomic mass is 10.1. The zero-order valence-electron chi connectivity index (χ0n) is 33.1. The van der Waals surface area contributed by atoms with Gasteiger partial charge in [0, 0.05) is 12.8 Å². The Bertz CT molecular complexity index is 1020. The van der Waals surface area contributed by atoms with Crippen molar-refractivity contribution < 1.29 is 42.1 Å². The number of likely N-dealkylation sites (N-methyl/N-ethyl adjacent to an activating group) is 1. The minimum absolute atomic E-state index is 0.0230. The predicted molar refractivity (Wildman–Crippen MR) is 210 cm³/mol. The largest absolute Gasteiger partial charge is 0.472 e. The summed E-state index contributed by atoms with van der Waals surface area (Å²) in [4.78, 5) is 35.2. The van der Waals surface area contributed by atoms with E-state index in [1.54, 1.807) is 0 Å². The third-order valence-electron chi connectivity index (χ3n) is 8.09. The molecule has 0 rings (SSSR count). The van der Waals surface area contributed by atoms with Crippen LogP contribution in [-0.4, -0.2) is 74.9 Å². The van der Waals surface area contributed by atoms with E-state index in [2.05, 4.69) is 62.5 Å². The number of hydrogen-bond donors (Lipinski definition) is 1. The van der Waals surface area contributed by atoms with Crippen LogP contribution in [0.15, 0.2) is 48.6 Å². The highest BCUT2D eigenvalue weighted by Crippen LogP contribution is 2.43. The van der Waals surface area contributed by atoms with Crippen LogP contribution in [0.3, 0.4) is 0 Å². The van der Waals surface area contributed by atoms with Gasteiger partial charge >= 0.3 is 19.8 Å². The van der Waals surface area contributed by atoms with E-state index in [0.29, 0.717) is 17.4 Å². The number of hydrogen-bond acceptors (Lipinski definition) is 7. The van der Waals surface area contributed by atoms with Gasteiger partial charge in [-0.2, -0.15) is 0 Å². The molecule has 0 aliphatic heterocycles. The summed E-state index contributed by atoms with van der Waals surface area (Å²) in [5, 5.41) is 0. The van der Waals surface area contributed by atoms with Crippen LogP contribution in [0.4, 0.5) is 0 Å². The maximum atomic E-state index is 12.6. The lowest BCUT2D eigenvalue weighted by Crippen LogP contribution is -2.37. The molecule has 0 bridgehead atoms. The zero-order valence-corrected chi connectivity index (χ0v) is 34.0. The van der Waals surface area contributed by atoms with Gasteiger partial charge in [0.1, 0.15) is 19.8 Å². The normalized spacial score (nSPS) is 14.2. The Kier molecular flexibility index (Phi) is 32.4. The fourth-order valence-corrected chi connectivity index (χ4v) is 5.70. The lowest BCUT2D eigenvalue weighted by molar-refractivity contribution is -0.870. The Labute approximate surface area is 312 Å². The summed E-state index contributed by atoms with van der Waals surface area (Å²) in [6, 6.07) is 0. The van der Waals surface area contributed by atoms with Crippen molar-refractivity contribution in [1.82, 2.24) is 0 Å². The quantitative estimate of drug-likeness (QED) is 0.0225. The molecule has 2 unspecified atom stereocenters. The van der Waals surface area contributed by atoms with E-state index in [1.165, 1.54) is 38.5 Å². The van der Waals surface area contributed by atoms with Crippen molar-refractivity contribution in [1.29, 1.82) is 0 Å². The minimum Gasteiger partial charge on any atom is -0.462 e. The number of nitrogens with zero attached hydrogens (tertiary/aromatic N) is 1. The summed E-state index contributed by atoms with van der Waals surface area (Å²) < 4.78 is 34.1. The smallest absolute Gasteiger partial charge is 0.462 e. The van der Waals surface area contributed by atoms with Crippen molar-refractivity contribution in [2.75, 3.05) is 47.5 Å². The van der Waals surface area contributed by atoms with Crippen LogP contribution in [0.5, 0.6) is 0 Å². The maximum absolute atomic E-state index is 12.6. The van der Waals surface area contributed by atoms with Crippen LogP contribution in [0.25, 0.3) is 0 Å². The highest BCUT2D eigenvalue weighted by atomic mass is 31.2. The second-order valence-corrected chi connectivity index (χ2v) is 15.7. The van der Waals surface area contributed by atoms with Crippen molar-refractivity contribution in [2.45, 2.75) is 155 Å². The Morgan fingerprint density at radius 1 is 0.627 bits per heavy atom. The third kappa shape index (κ3) is 37.5. The number of esters is 2. The SMILES string of the molecule is CC/C=C\C/C=C\C/C=C\CCCCCC(=O)OC(COC(=O)CCCCCCC/C=C\CCCCCCC)COP(=O)(O)OCC[N+](C)(C)C. The summed E-state index contributed by atoms with van der Waals surface area (Å²) in [6.45, 7) is 4.23. The van der Waals surface area contributed by atoms with Crippen LogP contribution < -0.4 is 0 Å². The molecule has 1 N–H and O–H groups in total. The zero-order chi connectivity index (χ0) is 37.9. The van der Waals surface area contributed by atoms with Crippen molar-refractivity contribution in [3.63, 3.8) is 0 Å². The molecule has 0 aromatic rings. The molecule has 0 aliphatic rings. The Morgan fingerprint density at radius 3 is 1.71 bits per heavy atom. The molecule has 2 atom stereocenters. The third-order valence-corrected chi connectivity index (χ3v) is 9.08. The van der Waals surface area contributed by atoms with Crippen molar-refractivity contribution in [3.8, 4) is 0 Å². The average Bonchev–Trinajstić information content (AvgIpc) is 3.07. The van der Waals surface area contributed by atoms with Gasteiger partial charge in [0.25, 0.3) is 0 Å². The molecule has 0 spiro atoms. The van der Waals surface area contributed by atoms with Gasteiger partial charge < -0.3 is 18.9 Å². The Balaban J connectivity index is 4.49. The number of ether oxygens (including phenoxy) is 2. The molecule has 0 aromatic heterocycles. The molecule has 9 nitrogen and oxygen atoms in total. The van der Waals surface area contributed by atoms with Crippen LogP contribution in [0.1, 0.15) is 149 Å². The van der Waals surface area contributed by atoms with Gasteiger partial charge in [0.15, 0.2) is 6.10 Å². The summed E-state index contributed by atoms with van der Waals surface area (Å²) in [5.74, 6) is -0.848. The van der Waals surface area contributed by atoms with E-state index in [0.717, 1.165) is 77.0 Å². The van der Waals surface area contributed by atoms with Crippen LogP contribution >= 0.6 is 7.82 Å². The molecule has 0 saturated carbocycles. The highest BCUT2D eigenvalue weighted by Gasteiger charge is 2.27. The molecule has 0 saturated heterocycles. The van der Waals surface area contributed by atoms with Crippen LogP contribution in [0.2, 0.25) is 0 Å². The molecular formula is C41H75NO8P+. The summed E-state index contributed by atoms with van der Waals surface area (Å²) >= 11 is 0. The highest BCUT2D eigenvalue weighted by molar-refractivity contribution is 7.47. The molecule has 10 heteroatoms. The fraction of sp³-hybridized carbons (Fsp3) is 0.756. The molecule has 0 aliphatic carbocycles. The summed E-state index contributed by atoms with van der Waals surface area (Å²) in [7, 11) is 1.44. The van der Waals surface area contributed by atoms with E-state index < -0.39 is 26.5 Å². The van der Waals surface area contributed by atoms with Crippen LogP contribution in [0, 0.1) is 0 Å². The first-order valence-corrected chi connectivity index (χ1v) is 21.4. The lowest BCUT2D eigenvalue weighted by Gasteiger charge is -2.24. The van der Waals surface area contributed by atoms with Gasteiger partial charge in [-0.3, -0.25) is 18.6 Å². The standard InChI is InChI=1S/C41H74NO8P/c1-6-8-10-12-14-16-18-20-22-23-25-27-29-31-33-40(43)47-37-39(38-49-51(45,46)48-36-35-42(3,4)5)50-41(44)34-32-30-28-26-24-21-19-17-15-13-11-9-7-2/h9,11,15,17-18,20-21,24,39H,6-8,10,12-14,16,19,22-23,25-38H2,1-5H3/p+1/b11-9-,17-15-,20-18-,24-21-. The number of phosphoric acid groups is 1. The second-order valence-electron chi connectivity index (χ2n) is 14.3. The van der Waals surface area contributed by atoms with E-state index in [4.69, 9.17) is 18.5 Å². The molecule has 0 fully saturated rings. The van der Waals surface area contributed by atoms with Gasteiger partial charge in [0.2, 0.25) is 0 Å². The van der Waals surface area contributed by atoms with Crippen LogP contribution in [-0.2, 0) is 32.7 Å². The first kappa shape index (κ1) is 49.0. The number of phosphoric ester groups is 1. The number of unbranched alkanes of at least 4 members (excludes halogenated alkanes) is 13. The fourth-order valence-electron chi connectivity index (χ4n) is 4.96. The van der Waals surface area contributed by atoms with Gasteiger partial charge in [-0.1, -0.05) is 114 Å². The molecule has 296 valence electrons. The molecule has 0 radical (unpaired) electrons. The average molecular weight is 741 g/mol. The first-order valence-electron chi connectivity index (χ1n) is 19.9. The van der Waals surface area contributed by atoms with Gasteiger partial charge in [0.05, 0.1) is 27.7 Å². The van der Waals surface area contributed by atoms with Crippen molar-refractivity contribution in [3.05, 3.63) is 48.6 Å².